The maximum Gasteiger partial charge on any atom is 0.228 e. The monoisotopic (exact) mass is 354 g/mol. The molecule has 0 amide bonds. The molecule has 4 nitrogen and oxygen atoms in total. The first kappa shape index (κ1) is 14.8. The fraction of sp³-hybridized carbons (Fsp3) is 0.154. The molecule has 3 N–H and O–H groups in total. The van der Waals surface area contributed by atoms with Crippen LogP contribution in [-0.4, -0.2) is 15.0 Å². The van der Waals surface area contributed by atoms with Gasteiger partial charge in [-0.3, -0.25) is 0 Å². The fourth-order valence-electron chi connectivity index (χ4n) is 1.65. The number of nitrogens with zero attached hydrogens (tertiary/aromatic N) is 2. The molecule has 0 unspecified atom stereocenters. The highest BCUT2D eigenvalue weighted by molar-refractivity contribution is 9.10. The number of hydrogen-bond acceptors (Lipinski definition) is 4. The zero-order chi connectivity index (χ0) is 14.9. The Balaban J connectivity index is 2.40. The Morgan fingerprint density at radius 3 is 2.65 bits per heavy atom. The standard InChI is InChI=1S/C13H12BrFN4S/c1-6-3-9(15)8(14)5-10(6)18-13-17-7(2)4-11(19-13)12(16)20/h3-5H,1-2H3,(H2,16,20)(H,17,18,19). The summed E-state index contributed by atoms with van der Waals surface area (Å²) in [6.45, 7) is 3.62. The molecule has 7 heteroatoms. The number of halogens is 2. The molecule has 0 spiro atoms. The Morgan fingerprint density at radius 1 is 1.30 bits per heavy atom. The summed E-state index contributed by atoms with van der Waals surface area (Å²) in [5.41, 5.74) is 8.26. The van der Waals surface area contributed by atoms with Crippen LogP contribution in [0.1, 0.15) is 17.0 Å². The van der Waals surface area contributed by atoms with Crippen molar-refractivity contribution in [1.29, 1.82) is 0 Å². The van der Waals surface area contributed by atoms with E-state index in [1.54, 1.807) is 19.1 Å². The van der Waals surface area contributed by atoms with E-state index in [1.807, 2.05) is 6.92 Å². The van der Waals surface area contributed by atoms with Crippen molar-refractivity contribution in [3.63, 3.8) is 0 Å². The van der Waals surface area contributed by atoms with Crippen LogP contribution in [0.25, 0.3) is 0 Å². The van der Waals surface area contributed by atoms with Gasteiger partial charge in [-0.25, -0.2) is 14.4 Å². The van der Waals surface area contributed by atoms with Crippen molar-refractivity contribution in [3.05, 3.63) is 45.4 Å². The van der Waals surface area contributed by atoms with Gasteiger partial charge in [-0.15, -0.1) is 0 Å². The number of benzene rings is 1. The highest BCUT2D eigenvalue weighted by atomic mass is 79.9. The van der Waals surface area contributed by atoms with Gasteiger partial charge < -0.3 is 11.1 Å². The van der Waals surface area contributed by atoms with Crippen molar-refractivity contribution < 1.29 is 4.39 Å². The molecule has 0 aliphatic heterocycles. The third kappa shape index (κ3) is 3.29. The van der Waals surface area contributed by atoms with E-state index in [0.29, 0.717) is 21.8 Å². The van der Waals surface area contributed by atoms with Crippen molar-refractivity contribution >= 4 is 44.8 Å². The number of aryl methyl sites for hydroxylation is 2. The number of rotatable bonds is 3. The predicted molar refractivity (Wildman–Crippen MR) is 84.8 cm³/mol. The van der Waals surface area contributed by atoms with E-state index in [4.69, 9.17) is 18.0 Å². The molecular formula is C13H12BrFN4S. The highest BCUT2D eigenvalue weighted by Crippen LogP contribution is 2.26. The zero-order valence-electron chi connectivity index (χ0n) is 10.9. The lowest BCUT2D eigenvalue weighted by Crippen LogP contribution is -2.14. The van der Waals surface area contributed by atoms with Crippen LogP contribution in [0, 0.1) is 19.7 Å². The molecule has 1 heterocycles. The average Bonchev–Trinajstić information content (AvgIpc) is 2.35. The smallest absolute Gasteiger partial charge is 0.228 e. The summed E-state index contributed by atoms with van der Waals surface area (Å²) in [5, 5.41) is 3.04. The lowest BCUT2D eigenvalue weighted by molar-refractivity contribution is 0.620. The second-order valence-electron chi connectivity index (χ2n) is 4.29. The molecule has 104 valence electrons. The second kappa shape index (κ2) is 5.80. The Labute approximate surface area is 129 Å². The van der Waals surface area contributed by atoms with Gasteiger partial charge in [-0.2, -0.15) is 0 Å². The van der Waals surface area contributed by atoms with Crippen molar-refractivity contribution in [2.45, 2.75) is 13.8 Å². The summed E-state index contributed by atoms with van der Waals surface area (Å²) < 4.78 is 13.8. The third-order valence-electron chi connectivity index (χ3n) is 2.62. The van der Waals surface area contributed by atoms with E-state index in [9.17, 15) is 4.39 Å². The summed E-state index contributed by atoms with van der Waals surface area (Å²) in [4.78, 5) is 8.69. The summed E-state index contributed by atoms with van der Waals surface area (Å²) >= 11 is 8.06. The normalized spacial score (nSPS) is 10.4. The number of anilines is 2. The number of aromatic nitrogens is 2. The lowest BCUT2D eigenvalue weighted by atomic mass is 10.2. The highest BCUT2D eigenvalue weighted by Gasteiger charge is 2.09. The topological polar surface area (TPSA) is 63.8 Å². The van der Waals surface area contributed by atoms with Crippen molar-refractivity contribution in [3.8, 4) is 0 Å². The molecule has 0 fully saturated rings. The predicted octanol–water partition coefficient (Wildman–Crippen LogP) is 3.37. The van der Waals surface area contributed by atoms with Crippen LogP contribution in [0.3, 0.4) is 0 Å². The largest absolute Gasteiger partial charge is 0.388 e. The SMILES string of the molecule is Cc1cc(C(N)=S)nc(Nc2cc(Br)c(F)cc2C)n1. The van der Waals surface area contributed by atoms with Crippen LogP contribution in [-0.2, 0) is 0 Å². The molecule has 0 saturated carbocycles. The zero-order valence-corrected chi connectivity index (χ0v) is 13.3. The second-order valence-corrected chi connectivity index (χ2v) is 5.58. The van der Waals surface area contributed by atoms with Gasteiger partial charge in [0, 0.05) is 11.4 Å². The van der Waals surface area contributed by atoms with Gasteiger partial charge in [0.25, 0.3) is 0 Å². The first-order valence-corrected chi connectivity index (χ1v) is 6.95. The summed E-state index contributed by atoms with van der Waals surface area (Å²) in [6.07, 6.45) is 0. The number of nitrogens with one attached hydrogen (secondary N) is 1. The Kier molecular flexibility index (Phi) is 4.29. The van der Waals surface area contributed by atoms with E-state index < -0.39 is 0 Å². The van der Waals surface area contributed by atoms with Crippen molar-refractivity contribution in [2.24, 2.45) is 5.73 Å². The van der Waals surface area contributed by atoms with Crippen LogP contribution in [0.2, 0.25) is 0 Å². The minimum atomic E-state index is -0.318. The number of thiocarbonyl (C=S) groups is 1. The Bertz CT molecular complexity index is 690. The van der Waals surface area contributed by atoms with Gasteiger partial charge >= 0.3 is 0 Å². The van der Waals surface area contributed by atoms with Crippen LogP contribution in [0.4, 0.5) is 16.0 Å². The molecule has 20 heavy (non-hydrogen) atoms. The Hall–Kier alpha value is -1.60. The molecular weight excluding hydrogens is 343 g/mol. The van der Waals surface area contributed by atoms with Gasteiger partial charge in [0.15, 0.2) is 0 Å². The van der Waals surface area contributed by atoms with Gasteiger partial charge in [0.1, 0.15) is 16.5 Å². The van der Waals surface area contributed by atoms with E-state index >= 15 is 0 Å². The van der Waals surface area contributed by atoms with Crippen LogP contribution in [0.5, 0.6) is 0 Å². The van der Waals surface area contributed by atoms with Crippen LogP contribution >= 0.6 is 28.1 Å². The maximum atomic E-state index is 13.4. The molecule has 0 aliphatic rings. The van der Waals surface area contributed by atoms with Gasteiger partial charge in [-0.05, 0) is 53.5 Å². The maximum absolute atomic E-state index is 13.4. The minimum absolute atomic E-state index is 0.204. The molecule has 0 saturated heterocycles. The molecule has 1 aromatic heterocycles. The Morgan fingerprint density at radius 2 is 2.00 bits per heavy atom. The molecule has 0 aliphatic carbocycles. The minimum Gasteiger partial charge on any atom is -0.388 e. The average molecular weight is 355 g/mol. The van der Waals surface area contributed by atoms with E-state index in [2.05, 4.69) is 31.2 Å². The summed E-state index contributed by atoms with van der Waals surface area (Å²) in [7, 11) is 0. The molecule has 1 aromatic carbocycles. The lowest BCUT2D eigenvalue weighted by Gasteiger charge is -2.11. The van der Waals surface area contributed by atoms with Crippen molar-refractivity contribution in [1.82, 2.24) is 9.97 Å². The molecule has 2 aromatic rings. The van der Waals surface area contributed by atoms with Crippen LogP contribution < -0.4 is 11.1 Å². The summed E-state index contributed by atoms with van der Waals surface area (Å²) in [6, 6.07) is 4.77. The van der Waals surface area contributed by atoms with E-state index in [0.717, 1.165) is 11.3 Å². The third-order valence-corrected chi connectivity index (χ3v) is 3.44. The number of nitrogens with two attached hydrogens (primary N) is 1. The van der Waals surface area contributed by atoms with Crippen molar-refractivity contribution in [2.75, 3.05) is 5.32 Å². The first-order chi connectivity index (χ1) is 9.36. The van der Waals surface area contributed by atoms with Gasteiger partial charge in [-0.1, -0.05) is 12.2 Å². The number of hydrogen-bond donors (Lipinski definition) is 2. The summed E-state index contributed by atoms with van der Waals surface area (Å²) in [5.74, 6) is 0.0523. The molecule has 0 bridgehead atoms. The fourth-order valence-corrected chi connectivity index (χ4v) is 2.10. The molecule has 0 atom stereocenters. The van der Waals surface area contributed by atoms with Gasteiger partial charge in [0.2, 0.25) is 5.95 Å². The van der Waals surface area contributed by atoms with Crippen LogP contribution in [0.15, 0.2) is 22.7 Å². The first-order valence-electron chi connectivity index (χ1n) is 5.75. The quantitative estimate of drug-likeness (QED) is 0.827. The molecule has 0 radical (unpaired) electrons. The van der Waals surface area contributed by atoms with Gasteiger partial charge in [0.05, 0.1) is 4.47 Å². The van der Waals surface area contributed by atoms with E-state index in [-0.39, 0.29) is 10.8 Å². The van der Waals surface area contributed by atoms with E-state index in [1.165, 1.54) is 6.07 Å². The molecule has 2 rings (SSSR count).